The topological polar surface area (TPSA) is 26.3 Å². The molecule has 1 heterocycles. The Kier molecular flexibility index (Phi) is 5.35. The molecule has 28 heavy (non-hydrogen) atoms. The molecule has 0 unspecified atom stereocenters. The van der Waals surface area contributed by atoms with E-state index in [-0.39, 0.29) is 22.4 Å². The number of Topliss-reactive ketones (excluding diaryl/α,β-unsaturated/α-hetero) is 1. The minimum Gasteiger partial charge on any atom is -0.363 e. The van der Waals surface area contributed by atoms with Gasteiger partial charge >= 0.3 is 0 Å². The Morgan fingerprint density at radius 1 is 1.14 bits per heavy atom. The number of allylic oxidation sites excluding steroid dienone is 2. The molecule has 1 saturated heterocycles. The van der Waals surface area contributed by atoms with Crippen LogP contribution in [0.2, 0.25) is 0 Å². The van der Waals surface area contributed by atoms with Gasteiger partial charge in [-0.05, 0) is 55.6 Å². The average Bonchev–Trinajstić information content (AvgIpc) is 3.07. The Labute approximate surface area is 173 Å². The Balaban J connectivity index is 1.68. The summed E-state index contributed by atoms with van der Waals surface area (Å²) in [6.07, 6.45) is 7.96. The molecular formula is C25H32O2S. The predicted molar refractivity (Wildman–Crippen MR) is 116 cm³/mol. The van der Waals surface area contributed by atoms with Crippen LogP contribution < -0.4 is 0 Å². The molecule has 0 amide bonds. The van der Waals surface area contributed by atoms with Crippen molar-refractivity contribution in [1.82, 2.24) is 0 Å². The monoisotopic (exact) mass is 396 g/mol. The zero-order valence-electron chi connectivity index (χ0n) is 17.4. The zero-order valence-corrected chi connectivity index (χ0v) is 18.2. The molecule has 0 bridgehead atoms. The molecule has 1 aromatic rings. The van der Waals surface area contributed by atoms with Gasteiger partial charge in [-0.2, -0.15) is 0 Å². The molecule has 4 rings (SSSR count). The van der Waals surface area contributed by atoms with Crippen molar-refractivity contribution >= 4 is 17.5 Å². The van der Waals surface area contributed by atoms with E-state index >= 15 is 0 Å². The van der Waals surface area contributed by atoms with Crippen LogP contribution in [0.15, 0.2) is 59.0 Å². The average molecular weight is 397 g/mol. The summed E-state index contributed by atoms with van der Waals surface area (Å²) in [6.45, 7) is 11.1. The summed E-state index contributed by atoms with van der Waals surface area (Å²) in [6, 6.07) is 10.5. The van der Waals surface area contributed by atoms with E-state index in [1.165, 1.54) is 10.5 Å². The second-order valence-electron chi connectivity index (χ2n) is 9.38. The van der Waals surface area contributed by atoms with Crippen LogP contribution in [0.5, 0.6) is 0 Å². The highest BCUT2D eigenvalue weighted by Gasteiger charge is 2.53. The minimum atomic E-state index is -0.193. The second kappa shape index (κ2) is 7.50. The van der Waals surface area contributed by atoms with Crippen LogP contribution in [0.4, 0.5) is 0 Å². The highest BCUT2D eigenvalue weighted by atomic mass is 32.2. The first kappa shape index (κ1) is 20.0. The molecule has 1 aliphatic heterocycles. The van der Waals surface area contributed by atoms with Crippen LogP contribution in [-0.4, -0.2) is 17.3 Å². The highest BCUT2D eigenvalue weighted by Crippen LogP contribution is 2.57. The number of rotatable bonds is 4. The van der Waals surface area contributed by atoms with Gasteiger partial charge in [0.2, 0.25) is 0 Å². The molecule has 0 saturated carbocycles. The van der Waals surface area contributed by atoms with E-state index in [4.69, 9.17) is 4.74 Å². The molecule has 3 aliphatic rings. The quantitative estimate of drug-likeness (QED) is 0.538. The van der Waals surface area contributed by atoms with Crippen LogP contribution in [0.3, 0.4) is 0 Å². The Morgan fingerprint density at radius 2 is 1.89 bits per heavy atom. The largest absolute Gasteiger partial charge is 0.363 e. The lowest BCUT2D eigenvalue weighted by Gasteiger charge is -2.52. The molecule has 0 aromatic heterocycles. The molecule has 1 fully saturated rings. The maximum Gasteiger partial charge on any atom is 0.159 e. The molecular weight excluding hydrogens is 364 g/mol. The summed E-state index contributed by atoms with van der Waals surface area (Å²) in [5.74, 6) is 0.818. The first-order valence-electron chi connectivity index (χ1n) is 10.6. The summed E-state index contributed by atoms with van der Waals surface area (Å²) in [5.41, 5.74) is 2.44. The summed E-state index contributed by atoms with van der Waals surface area (Å²) >= 11 is 1.80. The van der Waals surface area contributed by atoms with E-state index < -0.39 is 0 Å². The lowest BCUT2D eigenvalue weighted by atomic mass is 9.59. The standard InChI is InChI=1S/C25H32O2S/c1-5-24(3)15-21(27-22(16-24)28-19-9-7-6-8-10-19)25(4)17(2)11-12-18-13-14-20(26)23(18)25/h5-10,17,21-22H,1,11-16H2,2-4H3/t17-,21-,22+,24-,25+/m1/s1. The van der Waals surface area contributed by atoms with Crippen molar-refractivity contribution in [2.75, 3.05) is 0 Å². The number of hydrogen-bond donors (Lipinski definition) is 0. The fourth-order valence-electron chi connectivity index (χ4n) is 5.47. The fourth-order valence-corrected chi connectivity index (χ4v) is 6.74. The van der Waals surface area contributed by atoms with Gasteiger partial charge in [-0.15, -0.1) is 6.58 Å². The molecule has 0 spiro atoms. The van der Waals surface area contributed by atoms with Crippen molar-refractivity contribution in [1.29, 1.82) is 0 Å². The van der Waals surface area contributed by atoms with Gasteiger partial charge in [-0.3, -0.25) is 4.79 Å². The summed E-state index contributed by atoms with van der Waals surface area (Å²) < 4.78 is 6.79. The van der Waals surface area contributed by atoms with E-state index in [9.17, 15) is 4.79 Å². The van der Waals surface area contributed by atoms with Crippen LogP contribution in [0.25, 0.3) is 0 Å². The third kappa shape index (κ3) is 3.41. The van der Waals surface area contributed by atoms with E-state index in [1.54, 1.807) is 11.8 Å². The molecule has 150 valence electrons. The van der Waals surface area contributed by atoms with Gasteiger partial charge in [0.25, 0.3) is 0 Å². The number of ketones is 1. The maximum atomic E-state index is 12.9. The molecule has 5 atom stereocenters. The predicted octanol–water partition coefficient (Wildman–Crippen LogP) is 6.57. The van der Waals surface area contributed by atoms with Crippen LogP contribution in [-0.2, 0) is 9.53 Å². The van der Waals surface area contributed by atoms with Gasteiger partial charge in [0.1, 0.15) is 5.44 Å². The number of benzene rings is 1. The van der Waals surface area contributed by atoms with Crippen LogP contribution in [0.1, 0.15) is 59.3 Å². The molecule has 2 aliphatic carbocycles. The van der Waals surface area contributed by atoms with Crippen molar-refractivity contribution in [3.63, 3.8) is 0 Å². The molecule has 0 radical (unpaired) electrons. The van der Waals surface area contributed by atoms with Crippen LogP contribution in [0, 0.1) is 16.7 Å². The van der Waals surface area contributed by atoms with Gasteiger partial charge in [0.15, 0.2) is 5.78 Å². The van der Waals surface area contributed by atoms with E-state index in [2.05, 4.69) is 57.7 Å². The smallest absolute Gasteiger partial charge is 0.159 e. The van der Waals surface area contributed by atoms with Crippen molar-refractivity contribution in [2.24, 2.45) is 16.7 Å². The fraction of sp³-hybridized carbons (Fsp3) is 0.560. The first-order valence-corrected chi connectivity index (χ1v) is 11.5. The minimum absolute atomic E-state index is 0.0257. The van der Waals surface area contributed by atoms with Crippen molar-refractivity contribution in [2.45, 2.75) is 75.7 Å². The Hall–Kier alpha value is -1.32. The van der Waals surface area contributed by atoms with Gasteiger partial charge in [-0.1, -0.05) is 62.4 Å². The Morgan fingerprint density at radius 3 is 2.61 bits per heavy atom. The van der Waals surface area contributed by atoms with Crippen molar-refractivity contribution in [3.8, 4) is 0 Å². The third-order valence-corrected chi connectivity index (χ3v) is 8.59. The summed E-state index contributed by atoms with van der Waals surface area (Å²) in [5, 5.41) is 0. The normalized spacial score (nSPS) is 38.4. The lowest BCUT2D eigenvalue weighted by Crippen LogP contribution is -2.51. The number of carbonyl (C=O) groups is 1. The van der Waals surface area contributed by atoms with Crippen molar-refractivity contribution in [3.05, 3.63) is 54.1 Å². The number of hydrogen-bond acceptors (Lipinski definition) is 3. The zero-order chi connectivity index (χ0) is 19.9. The van der Waals surface area contributed by atoms with Crippen molar-refractivity contribution < 1.29 is 9.53 Å². The van der Waals surface area contributed by atoms with E-state index in [0.29, 0.717) is 18.1 Å². The molecule has 3 heteroatoms. The van der Waals surface area contributed by atoms with Crippen LogP contribution >= 0.6 is 11.8 Å². The highest BCUT2D eigenvalue weighted by molar-refractivity contribution is 7.99. The second-order valence-corrected chi connectivity index (χ2v) is 10.6. The first-order chi connectivity index (χ1) is 13.4. The molecule has 2 nitrogen and oxygen atoms in total. The number of thioether (sulfide) groups is 1. The molecule has 0 N–H and O–H groups in total. The third-order valence-electron chi connectivity index (χ3n) is 7.50. The van der Waals surface area contributed by atoms with Gasteiger partial charge < -0.3 is 4.74 Å². The summed E-state index contributed by atoms with van der Waals surface area (Å²) in [7, 11) is 0. The summed E-state index contributed by atoms with van der Waals surface area (Å²) in [4.78, 5) is 14.1. The van der Waals surface area contributed by atoms with Gasteiger partial charge in [-0.25, -0.2) is 0 Å². The maximum absolute atomic E-state index is 12.9. The van der Waals surface area contributed by atoms with Gasteiger partial charge in [0, 0.05) is 22.3 Å². The Bertz CT molecular complexity index is 798. The van der Waals surface area contributed by atoms with Gasteiger partial charge in [0.05, 0.1) is 6.10 Å². The number of carbonyl (C=O) groups excluding carboxylic acids is 1. The van der Waals surface area contributed by atoms with E-state index in [0.717, 1.165) is 37.7 Å². The molecule has 1 aromatic carbocycles. The lowest BCUT2D eigenvalue weighted by molar-refractivity contribution is -0.127. The SMILES string of the molecule is C=C[C@@]1(C)C[C@H](Sc2ccccc2)O[C@@H]([C@@]2(C)C3=C(CCC3=O)CC[C@H]2C)C1. The number of ether oxygens (including phenoxy) is 1. The van der Waals surface area contributed by atoms with E-state index in [1.807, 2.05) is 6.07 Å².